The maximum atomic E-state index is 11.6. The summed E-state index contributed by atoms with van der Waals surface area (Å²) in [5.74, 6) is 0.213. The Morgan fingerprint density at radius 2 is 2.17 bits per heavy atom. The van der Waals surface area contributed by atoms with E-state index in [1.807, 2.05) is 0 Å². The Balaban J connectivity index is 2.84. The zero-order chi connectivity index (χ0) is 13.8. The highest BCUT2D eigenvalue weighted by atomic mass is 35.5. The van der Waals surface area contributed by atoms with Crippen molar-refractivity contribution in [2.24, 2.45) is 5.41 Å². The molecule has 1 heterocycles. The first-order chi connectivity index (χ1) is 8.42. The van der Waals surface area contributed by atoms with Crippen molar-refractivity contribution in [3.8, 4) is 0 Å². The van der Waals surface area contributed by atoms with Gasteiger partial charge in [-0.2, -0.15) is 0 Å². The van der Waals surface area contributed by atoms with Crippen LogP contribution in [-0.4, -0.2) is 35.8 Å². The van der Waals surface area contributed by atoms with Crippen molar-refractivity contribution >= 4 is 29.6 Å². The van der Waals surface area contributed by atoms with Crippen molar-refractivity contribution in [1.29, 1.82) is 0 Å². The van der Waals surface area contributed by atoms with Crippen LogP contribution >= 0.6 is 11.6 Å². The van der Waals surface area contributed by atoms with Crippen LogP contribution in [-0.2, 0) is 4.79 Å². The maximum absolute atomic E-state index is 11.6. The predicted molar refractivity (Wildman–Crippen MR) is 68.8 cm³/mol. The Labute approximate surface area is 110 Å². The van der Waals surface area contributed by atoms with Crippen LogP contribution in [0.2, 0.25) is 5.15 Å². The van der Waals surface area contributed by atoms with Gasteiger partial charge in [-0.3, -0.25) is 9.59 Å². The van der Waals surface area contributed by atoms with Crippen molar-refractivity contribution < 1.29 is 9.59 Å². The third-order valence-electron chi connectivity index (χ3n) is 2.49. The molecule has 0 aliphatic carbocycles. The van der Waals surface area contributed by atoms with E-state index >= 15 is 0 Å². The molecule has 0 saturated heterocycles. The van der Waals surface area contributed by atoms with Crippen molar-refractivity contribution in [3.05, 3.63) is 17.0 Å². The monoisotopic (exact) mass is 270 g/mol. The van der Waals surface area contributed by atoms with E-state index in [1.165, 1.54) is 6.33 Å². The summed E-state index contributed by atoms with van der Waals surface area (Å²) in [4.78, 5) is 30.1. The van der Waals surface area contributed by atoms with Gasteiger partial charge in [0, 0.05) is 13.6 Å². The zero-order valence-corrected chi connectivity index (χ0v) is 11.2. The van der Waals surface area contributed by atoms with Gasteiger partial charge in [-0.25, -0.2) is 9.97 Å². The minimum Gasteiger partial charge on any atom is -0.368 e. The molecule has 0 spiro atoms. The van der Waals surface area contributed by atoms with Crippen LogP contribution in [0.15, 0.2) is 6.33 Å². The molecule has 7 heteroatoms. The highest BCUT2D eigenvalue weighted by Crippen LogP contribution is 2.20. The molecule has 1 amide bonds. The lowest BCUT2D eigenvalue weighted by Crippen LogP contribution is -2.39. The van der Waals surface area contributed by atoms with Crippen LogP contribution in [0.4, 0.5) is 5.82 Å². The van der Waals surface area contributed by atoms with Gasteiger partial charge >= 0.3 is 0 Å². The first kappa shape index (κ1) is 14.4. The second-order valence-corrected chi connectivity index (χ2v) is 4.72. The fourth-order valence-corrected chi connectivity index (χ4v) is 1.52. The third kappa shape index (κ3) is 3.16. The molecule has 2 N–H and O–H groups in total. The Kier molecular flexibility index (Phi) is 4.61. The minimum absolute atomic E-state index is 0.0836. The van der Waals surface area contributed by atoms with E-state index in [-0.39, 0.29) is 16.6 Å². The molecule has 98 valence electrons. The van der Waals surface area contributed by atoms with Gasteiger partial charge < -0.3 is 10.6 Å². The Morgan fingerprint density at radius 1 is 1.50 bits per heavy atom. The topological polar surface area (TPSA) is 84.0 Å². The van der Waals surface area contributed by atoms with Crippen molar-refractivity contribution in [1.82, 2.24) is 15.3 Å². The molecule has 0 atom stereocenters. The number of aromatic nitrogens is 2. The van der Waals surface area contributed by atoms with Crippen LogP contribution in [0.25, 0.3) is 0 Å². The molecule has 0 radical (unpaired) electrons. The number of amides is 1. The summed E-state index contributed by atoms with van der Waals surface area (Å²) in [6.45, 7) is 3.88. The highest BCUT2D eigenvalue weighted by molar-refractivity contribution is 6.32. The molecule has 6 nitrogen and oxygen atoms in total. The smallest absolute Gasteiger partial charge is 0.227 e. The zero-order valence-electron chi connectivity index (χ0n) is 10.5. The number of anilines is 1. The number of halogens is 1. The second kappa shape index (κ2) is 5.77. The summed E-state index contributed by atoms with van der Waals surface area (Å²) >= 11 is 5.77. The molecular weight excluding hydrogens is 256 g/mol. The number of rotatable bonds is 5. The van der Waals surface area contributed by atoms with E-state index in [0.29, 0.717) is 18.6 Å². The van der Waals surface area contributed by atoms with Crippen LogP contribution in [0.1, 0.15) is 24.2 Å². The summed E-state index contributed by atoms with van der Waals surface area (Å²) < 4.78 is 0. The van der Waals surface area contributed by atoms with Gasteiger partial charge in [0.15, 0.2) is 6.29 Å². The molecule has 1 aromatic rings. The molecule has 0 saturated carbocycles. The van der Waals surface area contributed by atoms with Crippen LogP contribution < -0.4 is 10.6 Å². The third-order valence-corrected chi connectivity index (χ3v) is 2.79. The molecule has 0 fully saturated rings. The maximum Gasteiger partial charge on any atom is 0.227 e. The number of nitrogens with one attached hydrogen (secondary N) is 2. The SMILES string of the molecule is CNC(=O)C(C)(C)CNc1ncnc(Cl)c1C=O. The number of carbonyl (C=O) groups is 2. The predicted octanol–water partition coefficient (Wildman–Crippen LogP) is 1.13. The molecule has 0 unspecified atom stereocenters. The summed E-state index contributed by atoms with van der Waals surface area (Å²) in [6, 6.07) is 0. The van der Waals surface area contributed by atoms with Crippen LogP contribution in [0.3, 0.4) is 0 Å². The molecule has 0 bridgehead atoms. The number of nitrogens with zero attached hydrogens (tertiary/aromatic N) is 2. The second-order valence-electron chi connectivity index (χ2n) is 4.36. The van der Waals surface area contributed by atoms with Crippen LogP contribution in [0.5, 0.6) is 0 Å². The van der Waals surface area contributed by atoms with Gasteiger partial charge in [0.25, 0.3) is 0 Å². The molecule has 0 aromatic carbocycles. The van der Waals surface area contributed by atoms with Crippen molar-refractivity contribution in [2.75, 3.05) is 18.9 Å². The molecule has 1 rings (SSSR count). The van der Waals surface area contributed by atoms with E-state index < -0.39 is 5.41 Å². The van der Waals surface area contributed by atoms with Gasteiger partial charge in [0.1, 0.15) is 17.3 Å². The normalized spacial score (nSPS) is 10.9. The fraction of sp³-hybridized carbons (Fsp3) is 0.455. The average Bonchev–Trinajstić information content (AvgIpc) is 2.35. The van der Waals surface area contributed by atoms with E-state index in [1.54, 1.807) is 20.9 Å². The largest absolute Gasteiger partial charge is 0.368 e. The van der Waals surface area contributed by atoms with Crippen LogP contribution in [0, 0.1) is 5.41 Å². The molecule has 0 aliphatic heterocycles. The summed E-state index contributed by atoms with van der Waals surface area (Å²) in [5, 5.41) is 5.59. The summed E-state index contributed by atoms with van der Waals surface area (Å²) in [6.07, 6.45) is 1.84. The van der Waals surface area contributed by atoms with Gasteiger partial charge in [0.2, 0.25) is 5.91 Å². The Bertz CT molecular complexity index is 462. The van der Waals surface area contributed by atoms with E-state index in [4.69, 9.17) is 11.6 Å². The minimum atomic E-state index is -0.633. The van der Waals surface area contributed by atoms with Crippen molar-refractivity contribution in [2.45, 2.75) is 13.8 Å². The lowest BCUT2D eigenvalue weighted by molar-refractivity contribution is -0.128. The first-order valence-electron chi connectivity index (χ1n) is 5.34. The molecule has 18 heavy (non-hydrogen) atoms. The van der Waals surface area contributed by atoms with Gasteiger partial charge in [-0.05, 0) is 13.8 Å². The standard InChI is InChI=1S/C11H15ClN4O2/c1-11(2,10(18)13-3)5-14-9-7(4-17)8(12)15-6-16-9/h4,6H,5H2,1-3H3,(H,13,18)(H,14,15,16). The number of hydrogen-bond donors (Lipinski definition) is 2. The molecule has 1 aromatic heterocycles. The summed E-state index contributed by atoms with van der Waals surface area (Å²) in [5.41, 5.74) is -0.446. The Hall–Kier alpha value is -1.69. The number of aldehydes is 1. The van der Waals surface area contributed by atoms with Crippen molar-refractivity contribution in [3.63, 3.8) is 0 Å². The number of hydrogen-bond acceptors (Lipinski definition) is 5. The average molecular weight is 271 g/mol. The Morgan fingerprint density at radius 3 is 2.72 bits per heavy atom. The highest BCUT2D eigenvalue weighted by Gasteiger charge is 2.26. The van der Waals surface area contributed by atoms with E-state index in [0.717, 1.165) is 0 Å². The first-order valence-corrected chi connectivity index (χ1v) is 5.72. The lowest BCUT2D eigenvalue weighted by atomic mass is 9.92. The molecule has 0 aliphatic rings. The summed E-state index contributed by atoms with van der Waals surface area (Å²) in [7, 11) is 1.57. The molecular formula is C11H15ClN4O2. The van der Waals surface area contributed by atoms with E-state index in [9.17, 15) is 9.59 Å². The quantitative estimate of drug-likeness (QED) is 0.619. The van der Waals surface area contributed by atoms with Gasteiger partial charge in [-0.1, -0.05) is 11.6 Å². The van der Waals surface area contributed by atoms with Gasteiger partial charge in [0.05, 0.1) is 11.0 Å². The van der Waals surface area contributed by atoms with E-state index in [2.05, 4.69) is 20.6 Å². The van der Waals surface area contributed by atoms with Gasteiger partial charge in [-0.15, -0.1) is 0 Å². The number of carbonyl (C=O) groups excluding carboxylic acids is 2. The lowest BCUT2D eigenvalue weighted by Gasteiger charge is -2.23. The fourth-order valence-electron chi connectivity index (χ4n) is 1.34.